The van der Waals surface area contributed by atoms with Crippen LogP contribution in [-0.4, -0.2) is 26.5 Å². The van der Waals surface area contributed by atoms with E-state index in [1.807, 2.05) is 31.2 Å². The molecule has 6 heteroatoms. The highest BCUT2D eigenvalue weighted by atomic mass is 79.9. The van der Waals surface area contributed by atoms with E-state index in [-0.39, 0.29) is 23.6 Å². The summed E-state index contributed by atoms with van der Waals surface area (Å²) < 4.78 is 31.4. The van der Waals surface area contributed by atoms with Gasteiger partial charge in [-0.05, 0) is 47.7 Å². The molecule has 0 spiro atoms. The Balaban J connectivity index is 1.88. The van der Waals surface area contributed by atoms with Gasteiger partial charge in [-0.3, -0.25) is 4.79 Å². The molecule has 2 aromatic carbocycles. The molecule has 1 aliphatic heterocycles. The molecule has 3 rings (SSSR count). The fraction of sp³-hybridized carbons (Fsp3) is 0.381. The fourth-order valence-corrected chi connectivity index (χ4v) is 3.82. The topological polar surface area (TPSA) is 44.8 Å². The molecule has 3 atom stereocenters. The maximum atomic E-state index is 14.5. The van der Waals surface area contributed by atoms with Crippen LogP contribution in [0.4, 0.5) is 4.39 Å². The number of hydrogen-bond acceptors (Lipinski definition) is 4. The van der Waals surface area contributed by atoms with Crippen LogP contribution < -0.4 is 4.74 Å². The summed E-state index contributed by atoms with van der Waals surface area (Å²) in [5.41, 5.74) is 2.55. The van der Waals surface area contributed by atoms with E-state index in [2.05, 4.69) is 15.9 Å². The number of hydrogen-bond donors (Lipinski definition) is 0. The van der Waals surface area contributed by atoms with E-state index in [1.54, 1.807) is 13.2 Å². The molecule has 2 aromatic rings. The Morgan fingerprint density at radius 2 is 2.07 bits per heavy atom. The predicted octanol–water partition coefficient (Wildman–Crippen LogP) is 4.63. The monoisotopic (exact) mass is 436 g/mol. The van der Waals surface area contributed by atoms with Crippen LogP contribution in [0.1, 0.15) is 29.5 Å². The first kappa shape index (κ1) is 19.8. The molecule has 0 fully saturated rings. The Morgan fingerprint density at radius 3 is 2.74 bits per heavy atom. The zero-order valence-corrected chi connectivity index (χ0v) is 17.1. The molecule has 0 amide bonds. The molecule has 0 aliphatic carbocycles. The average Bonchev–Trinajstić information content (AvgIpc) is 2.66. The number of methoxy groups -OCH3 is 2. The number of carbonyl (C=O) groups is 1. The minimum Gasteiger partial charge on any atom is -0.469 e. The normalized spacial score (nSPS) is 19.7. The molecule has 27 heavy (non-hydrogen) atoms. The number of carbonyl (C=O) groups excluding carboxylic acids is 1. The third kappa shape index (κ3) is 4.33. The van der Waals surface area contributed by atoms with Gasteiger partial charge in [-0.2, -0.15) is 0 Å². The Labute approximate surface area is 166 Å². The highest BCUT2D eigenvalue weighted by molar-refractivity contribution is 9.10. The smallest absolute Gasteiger partial charge is 0.308 e. The van der Waals surface area contributed by atoms with Crippen molar-refractivity contribution in [1.82, 2.24) is 0 Å². The lowest BCUT2D eigenvalue weighted by atomic mass is 9.87. The van der Waals surface area contributed by atoms with Gasteiger partial charge in [0.15, 0.2) is 0 Å². The summed E-state index contributed by atoms with van der Waals surface area (Å²) in [6.07, 6.45) is 0.602. The SMILES string of the molecule is COC(=O)C(C)Cc1ccc2c(c1)CC(c1ccc(Br)cc1F)C(OC)O2. The van der Waals surface area contributed by atoms with Gasteiger partial charge in [0.05, 0.1) is 18.9 Å². The van der Waals surface area contributed by atoms with Gasteiger partial charge < -0.3 is 14.2 Å². The number of benzene rings is 2. The lowest BCUT2D eigenvalue weighted by Crippen LogP contribution is -2.33. The summed E-state index contributed by atoms with van der Waals surface area (Å²) in [6.45, 7) is 1.84. The van der Waals surface area contributed by atoms with Crippen LogP contribution in [0.2, 0.25) is 0 Å². The Kier molecular flexibility index (Phi) is 6.17. The van der Waals surface area contributed by atoms with Gasteiger partial charge in [-0.15, -0.1) is 0 Å². The van der Waals surface area contributed by atoms with Crippen LogP contribution in [0.5, 0.6) is 5.75 Å². The quantitative estimate of drug-likeness (QED) is 0.640. The molecular formula is C21H22BrFO4. The van der Waals surface area contributed by atoms with E-state index in [1.165, 1.54) is 13.2 Å². The molecule has 1 aliphatic rings. The van der Waals surface area contributed by atoms with E-state index in [4.69, 9.17) is 14.2 Å². The Morgan fingerprint density at radius 1 is 1.30 bits per heavy atom. The van der Waals surface area contributed by atoms with E-state index in [0.717, 1.165) is 16.9 Å². The van der Waals surface area contributed by atoms with E-state index >= 15 is 0 Å². The molecule has 0 saturated carbocycles. The minimum atomic E-state index is -0.562. The van der Waals surface area contributed by atoms with Crippen molar-refractivity contribution in [3.63, 3.8) is 0 Å². The zero-order valence-electron chi connectivity index (χ0n) is 15.5. The summed E-state index contributed by atoms with van der Waals surface area (Å²) in [4.78, 5) is 11.7. The van der Waals surface area contributed by atoms with E-state index in [9.17, 15) is 9.18 Å². The Hall–Kier alpha value is -1.92. The molecule has 0 saturated heterocycles. The van der Waals surface area contributed by atoms with Crippen LogP contribution in [0, 0.1) is 11.7 Å². The van der Waals surface area contributed by atoms with Gasteiger partial charge in [-0.1, -0.05) is 41.1 Å². The first-order chi connectivity index (χ1) is 12.9. The van der Waals surface area contributed by atoms with Gasteiger partial charge in [0, 0.05) is 11.6 Å². The standard InChI is InChI=1S/C21H22BrFO4/c1-12(20(24)25-2)8-13-4-7-19-14(9-13)10-17(21(26-3)27-19)16-6-5-15(22)11-18(16)23/h4-7,9,11-12,17,21H,8,10H2,1-3H3. The van der Waals surface area contributed by atoms with Gasteiger partial charge in [0.2, 0.25) is 6.29 Å². The molecule has 1 heterocycles. The van der Waals surface area contributed by atoms with E-state index < -0.39 is 6.29 Å². The lowest BCUT2D eigenvalue weighted by Gasteiger charge is -2.33. The van der Waals surface area contributed by atoms with Crippen LogP contribution in [0.3, 0.4) is 0 Å². The third-order valence-corrected chi connectivity index (χ3v) is 5.37. The average molecular weight is 437 g/mol. The first-order valence-electron chi connectivity index (χ1n) is 8.77. The van der Waals surface area contributed by atoms with Crippen LogP contribution in [-0.2, 0) is 27.1 Å². The fourth-order valence-electron chi connectivity index (χ4n) is 3.48. The maximum Gasteiger partial charge on any atom is 0.308 e. The molecule has 0 radical (unpaired) electrons. The number of ether oxygens (including phenoxy) is 3. The van der Waals surface area contributed by atoms with Crippen LogP contribution in [0.25, 0.3) is 0 Å². The van der Waals surface area contributed by atoms with Crippen molar-refractivity contribution in [3.8, 4) is 5.75 Å². The van der Waals surface area contributed by atoms with Crippen molar-refractivity contribution < 1.29 is 23.4 Å². The van der Waals surface area contributed by atoms with Gasteiger partial charge in [0.1, 0.15) is 11.6 Å². The van der Waals surface area contributed by atoms with Gasteiger partial charge >= 0.3 is 5.97 Å². The Bertz CT molecular complexity index is 839. The summed E-state index contributed by atoms with van der Waals surface area (Å²) in [5, 5.41) is 0. The number of rotatable bonds is 5. The van der Waals surface area contributed by atoms with Crippen LogP contribution in [0.15, 0.2) is 40.9 Å². The largest absolute Gasteiger partial charge is 0.469 e. The molecule has 0 aromatic heterocycles. The minimum absolute atomic E-state index is 0.232. The molecule has 0 bridgehead atoms. The number of halogens is 2. The second kappa shape index (κ2) is 8.40. The molecule has 144 valence electrons. The van der Waals surface area contributed by atoms with Crippen LogP contribution >= 0.6 is 15.9 Å². The third-order valence-electron chi connectivity index (χ3n) is 4.88. The van der Waals surface area contributed by atoms with Crippen molar-refractivity contribution in [3.05, 3.63) is 63.4 Å². The summed E-state index contributed by atoms with van der Waals surface area (Å²) >= 11 is 3.29. The summed E-state index contributed by atoms with van der Waals surface area (Å²) in [7, 11) is 2.95. The van der Waals surface area contributed by atoms with E-state index in [0.29, 0.717) is 22.9 Å². The zero-order chi connectivity index (χ0) is 19.6. The maximum absolute atomic E-state index is 14.5. The van der Waals surface area contributed by atoms with Crippen molar-refractivity contribution in [2.45, 2.75) is 32.0 Å². The van der Waals surface area contributed by atoms with Crippen molar-refractivity contribution in [2.24, 2.45) is 5.92 Å². The van der Waals surface area contributed by atoms with Crippen molar-refractivity contribution in [1.29, 1.82) is 0 Å². The summed E-state index contributed by atoms with van der Waals surface area (Å²) in [6, 6.07) is 10.9. The molecule has 0 N–H and O–H groups in total. The molecule has 3 unspecified atom stereocenters. The summed E-state index contributed by atoms with van der Waals surface area (Å²) in [5.74, 6) is -0.296. The molecular weight excluding hydrogens is 415 g/mol. The van der Waals surface area contributed by atoms with Crippen molar-refractivity contribution >= 4 is 21.9 Å². The first-order valence-corrected chi connectivity index (χ1v) is 9.56. The second-order valence-corrected chi connectivity index (χ2v) is 7.68. The van der Waals surface area contributed by atoms with Crippen molar-refractivity contribution in [2.75, 3.05) is 14.2 Å². The number of fused-ring (bicyclic) bond motifs is 1. The molecule has 4 nitrogen and oxygen atoms in total. The second-order valence-electron chi connectivity index (χ2n) is 6.77. The van der Waals surface area contributed by atoms with Gasteiger partial charge in [-0.25, -0.2) is 4.39 Å². The lowest BCUT2D eigenvalue weighted by molar-refractivity contribution is -0.144. The highest BCUT2D eigenvalue weighted by Crippen LogP contribution is 2.38. The highest BCUT2D eigenvalue weighted by Gasteiger charge is 2.33. The predicted molar refractivity (Wildman–Crippen MR) is 103 cm³/mol. The van der Waals surface area contributed by atoms with Gasteiger partial charge in [0.25, 0.3) is 0 Å². The number of esters is 1.